The van der Waals surface area contributed by atoms with Crippen LogP contribution >= 0.6 is 0 Å². The Kier molecular flexibility index (Phi) is 6.09. The summed E-state index contributed by atoms with van der Waals surface area (Å²) in [4.78, 5) is 22.7. The van der Waals surface area contributed by atoms with E-state index in [0.717, 1.165) is 51.2 Å². The van der Waals surface area contributed by atoms with Crippen molar-refractivity contribution >= 4 is 5.91 Å². The Hall–Kier alpha value is -0.770. The highest BCUT2D eigenvalue weighted by Gasteiger charge is 2.42. The number of carbonyl (C=O) groups excluding carboxylic acids is 1. The zero-order valence-corrected chi connectivity index (χ0v) is 17.5. The van der Waals surface area contributed by atoms with Gasteiger partial charge in [0, 0.05) is 25.6 Å². The number of hydrogen-bond donors (Lipinski definition) is 4. The second-order valence-corrected chi connectivity index (χ2v) is 9.92. The number of hydroxylamine groups is 1. The largest absolute Gasteiger partial charge is 0.369 e. The summed E-state index contributed by atoms with van der Waals surface area (Å²) >= 11 is 0. The molecular formula is C21H38N6O2. The minimum Gasteiger partial charge on any atom is -0.369 e. The molecule has 1 amide bonds. The molecule has 0 aromatic rings. The molecule has 5 unspecified atom stereocenters. The van der Waals surface area contributed by atoms with Crippen molar-refractivity contribution in [2.24, 2.45) is 23.5 Å². The van der Waals surface area contributed by atoms with Crippen LogP contribution in [-0.2, 0) is 9.63 Å². The predicted octanol–water partition coefficient (Wildman–Crippen LogP) is 0.160. The minimum absolute atomic E-state index is 0.0583. The van der Waals surface area contributed by atoms with E-state index < -0.39 is 0 Å². The van der Waals surface area contributed by atoms with Crippen LogP contribution in [0.15, 0.2) is 0 Å². The van der Waals surface area contributed by atoms with Gasteiger partial charge in [-0.25, -0.2) is 0 Å². The van der Waals surface area contributed by atoms with Crippen molar-refractivity contribution in [3.05, 3.63) is 0 Å². The molecule has 0 spiro atoms. The number of amides is 1. The minimum atomic E-state index is -0.135. The average molecular weight is 407 g/mol. The van der Waals surface area contributed by atoms with E-state index in [4.69, 9.17) is 10.6 Å². The third-order valence-corrected chi connectivity index (χ3v) is 7.88. The van der Waals surface area contributed by atoms with E-state index in [0.29, 0.717) is 18.1 Å². The zero-order chi connectivity index (χ0) is 19.8. The first-order valence-electron chi connectivity index (χ1n) is 11.9. The fourth-order valence-corrected chi connectivity index (χ4v) is 5.87. The van der Waals surface area contributed by atoms with Crippen LogP contribution in [0.3, 0.4) is 0 Å². The fourth-order valence-electron chi connectivity index (χ4n) is 5.87. The molecule has 0 radical (unpaired) electrons. The van der Waals surface area contributed by atoms with Crippen molar-refractivity contribution in [1.29, 1.82) is 0 Å². The van der Waals surface area contributed by atoms with Gasteiger partial charge in [0.15, 0.2) is 0 Å². The summed E-state index contributed by atoms with van der Waals surface area (Å²) in [5.74, 6) is 1.41. The maximum atomic E-state index is 11.4. The third-order valence-electron chi connectivity index (χ3n) is 7.88. The molecule has 5 fully saturated rings. The number of nitrogens with zero attached hydrogens (tertiary/aromatic N) is 2. The summed E-state index contributed by atoms with van der Waals surface area (Å²) in [6.45, 7) is 5.44. The van der Waals surface area contributed by atoms with Gasteiger partial charge in [0.1, 0.15) is 6.23 Å². The highest BCUT2D eigenvalue weighted by Crippen LogP contribution is 2.34. The molecule has 5 N–H and O–H groups in total. The normalized spacial score (nSPS) is 40.5. The summed E-state index contributed by atoms with van der Waals surface area (Å²) in [7, 11) is 0. The lowest BCUT2D eigenvalue weighted by Gasteiger charge is -2.42. The van der Waals surface area contributed by atoms with Gasteiger partial charge >= 0.3 is 0 Å². The SMILES string of the molecule is NC(=O)C1CCN(C2CC(C3NOC(C4CCCN4CC4CC4)N3)CCN2)CC1. The van der Waals surface area contributed by atoms with Gasteiger partial charge in [-0.1, -0.05) is 0 Å². The van der Waals surface area contributed by atoms with Crippen LogP contribution in [-0.4, -0.2) is 73.0 Å². The van der Waals surface area contributed by atoms with Gasteiger partial charge in [-0.15, -0.1) is 0 Å². The summed E-state index contributed by atoms with van der Waals surface area (Å²) in [6, 6.07) is 0.512. The van der Waals surface area contributed by atoms with Gasteiger partial charge in [0.05, 0.1) is 18.4 Å². The first-order chi connectivity index (χ1) is 14.2. The molecule has 1 saturated carbocycles. The lowest BCUT2D eigenvalue weighted by molar-refractivity contribution is -0.123. The topological polar surface area (TPSA) is 94.9 Å². The first kappa shape index (κ1) is 20.2. The quantitative estimate of drug-likeness (QED) is 0.499. The van der Waals surface area contributed by atoms with E-state index in [-0.39, 0.29) is 24.2 Å². The number of carbonyl (C=O) groups is 1. The number of primary amides is 1. The first-order valence-corrected chi connectivity index (χ1v) is 11.9. The molecule has 5 rings (SSSR count). The standard InChI is InChI=1S/C21H38N6O2/c22-19(28)15-6-10-26(11-7-15)18-12-16(5-8-23-18)20-24-21(29-25-20)17-2-1-9-27(17)13-14-3-4-14/h14-18,20-21,23-25H,1-13H2,(H2,22,28). The van der Waals surface area contributed by atoms with Crippen molar-refractivity contribution < 1.29 is 9.63 Å². The Morgan fingerprint density at radius 3 is 2.66 bits per heavy atom. The van der Waals surface area contributed by atoms with Crippen LogP contribution < -0.4 is 21.8 Å². The number of rotatable bonds is 6. The lowest BCUT2D eigenvalue weighted by Crippen LogP contribution is -2.56. The van der Waals surface area contributed by atoms with Gasteiger partial charge in [0.2, 0.25) is 5.91 Å². The zero-order valence-electron chi connectivity index (χ0n) is 17.5. The molecule has 5 atom stereocenters. The fraction of sp³-hybridized carbons (Fsp3) is 0.952. The maximum absolute atomic E-state index is 11.4. The number of likely N-dealkylation sites (tertiary alicyclic amines) is 2. The van der Waals surface area contributed by atoms with Gasteiger partial charge in [-0.05, 0) is 76.3 Å². The van der Waals surface area contributed by atoms with Crippen molar-refractivity contribution in [2.45, 2.75) is 76.0 Å². The summed E-state index contributed by atoms with van der Waals surface area (Å²) in [5, 5.41) is 7.48. The third kappa shape index (κ3) is 4.62. The molecular weight excluding hydrogens is 368 g/mol. The number of hydrogen-bond acceptors (Lipinski definition) is 7. The van der Waals surface area contributed by atoms with Gasteiger partial charge in [-0.3, -0.25) is 24.7 Å². The molecule has 4 saturated heterocycles. The smallest absolute Gasteiger partial charge is 0.220 e. The lowest BCUT2D eigenvalue weighted by atomic mass is 9.90. The number of piperidine rings is 2. The molecule has 4 aliphatic heterocycles. The molecule has 0 aromatic heterocycles. The van der Waals surface area contributed by atoms with E-state index in [9.17, 15) is 4.79 Å². The molecule has 8 heteroatoms. The Bertz CT molecular complexity index is 580. The number of nitrogens with two attached hydrogens (primary N) is 1. The van der Waals surface area contributed by atoms with E-state index in [2.05, 4.69) is 25.9 Å². The predicted molar refractivity (Wildman–Crippen MR) is 110 cm³/mol. The molecule has 29 heavy (non-hydrogen) atoms. The van der Waals surface area contributed by atoms with Crippen LogP contribution in [0.25, 0.3) is 0 Å². The summed E-state index contributed by atoms with van der Waals surface area (Å²) < 4.78 is 0. The Morgan fingerprint density at radius 2 is 1.90 bits per heavy atom. The van der Waals surface area contributed by atoms with Crippen LogP contribution in [0.2, 0.25) is 0 Å². The highest BCUT2D eigenvalue weighted by molar-refractivity contribution is 5.76. The summed E-state index contributed by atoms with van der Waals surface area (Å²) in [6.07, 6.45) is 10.1. The second-order valence-electron chi connectivity index (χ2n) is 9.92. The number of nitrogens with one attached hydrogen (secondary N) is 3. The molecule has 8 nitrogen and oxygen atoms in total. The second kappa shape index (κ2) is 8.77. The summed E-state index contributed by atoms with van der Waals surface area (Å²) in [5.41, 5.74) is 8.84. The molecule has 5 aliphatic rings. The highest BCUT2D eigenvalue weighted by atomic mass is 16.7. The average Bonchev–Trinajstić information content (AvgIpc) is 3.23. The Labute approximate surface area is 174 Å². The van der Waals surface area contributed by atoms with Crippen molar-refractivity contribution in [2.75, 3.05) is 32.7 Å². The Morgan fingerprint density at radius 1 is 1.07 bits per heavy atom. The van der Waals surface area contributed by atoms with Gasteiger partial charge < -0.3 is 11.1 Å². The van der Waals surface area contributed by atoms with Gasteiger partial charge in [0.25, 0.3) is 0 Å². The van der Waals surface area contributed by atoms with Crippen molar-refractivity contribution in [3.63, 3.8) is 0 Å². The van der Waals surface area contributed by atoms with Crippen LogP contribution in [0.5, 0.6) is 0 Å². The van der Waals surface area contributed by atoms with E-state index in [1.54, 1.807) is 0 Å². The molecule has 164 valence electrons. The molecule has 0 bridgehead atoms. The van der Waals surface area contributed by atoms with E-state index in [1.165, 1.54) is 38.8 Å². The maximum Gasteiger partial charge on any atom is 0.220 e. The van der Waals surface area contributed by atoms with Crippen molar-refractivity contribution in [1.82, 2.24) is 25.9 Å². The van der Waals surface area contributed by atoms with Crippen molar-refractivity contribution in [3.8, 4) is 0 Å². The van der Waals surface area contributed by atoms with Crippen LogP contribution in [0.1, 0.15) is 51.4 Å². The monoisotopic (exact) mass is 406 g/mol. The molecule has 0 aromatic carbocycles. The Balaban J connectivity index is 1.12. The molecule has 1 aliphatic carbocycles. The van der Waals surface area contributed by atoms with Gasteiger partial charge in [-0.2, -0.15) is 5.48 Å². The van der Waals surface area contributed by atoms with E-state index in [1.807, 2.05) is 0 Å². The van der Waals surface area contributed by atoms with Crippen LogP contribution in [0, 0.1) is 17.8 Å². The van der Waals surface area contributed by atoms with Crippen LogP contribution in [0.4, 0.5) is 0 Å². The molecule has 4 heterocycles. The van der Waals surface area contributed by atoms with E-state index >= 15 is 0 Å².